The third kappa shape index (κ3) is 1.05. The quantitative estimate of drug-likeness (QED) is 0.555. The number of benzene rings is 1. The summed E-state index contributed by atoms with van der Waals surface area (Å²) >= 11 is 0. The molecule has 14 heavy (non-hydrogen) atoms. The van der Waals surface area contributed by atoms with Gasteiger partial charge in [-0.15, -0.1) is 0 Å². The highest BCUT2D eigenvalue weighted by atomic mass is 32.3. The fraction of sp³-hybridized carbons (Fsp3) is 0. The maximum Gasteiger partial charge on any atom is 0.361 e. The van der Waals surface area contributed by atoms with E-state index >= 15 is 0 Å². The van der Waals surface area contributed by atoms with E-state index in [1.807, 2.05) is 0 Å². The molecule has 78 valence electrons. The van der Waals surface area contributed by atoms with Gasteiger partial charge in [-0.25, -0.2) is 0 Å². The lowest BCUT2D eigenvalue weighted by atomic mass is 10.4. The van der Waals surface area contributed by atoms with E-state index in [1.165, 1.54) is 24.3 Å². The van der Waals surface area contributed by atoms with Crippen molar-refractivity contribution < 1.29 is 23.0 Å². The van der Waals surface area contributed by atoms with Crippen LogP contribution < -0.4 is 0 Å². The molecule has 4 N–H and O–H groups in total. The van der Waals surface area contributed by atoms with Crippen molar-refractivity contribution in [3.8, 4) is 0 Å². The van der Waals surface area contributed by atoms with Crippen LogP contribution in [0.25, 0.3) is 0 Å². The topological polar surface area (TPSA) is 98.0 Å². The Bertz CT molecular complexity index is 377. The van der Waals surface area contributed by atoms with Crippen molar-refractivity contribution in [1.29, 1.82) is 0 Å². The summed E-state index contributed by atoms with van der Waals surface area (Å²) in [5.41, 5.74) is 0. The molecule has 7 heteroatoms. The van der Waals surface area contributed by atoms with E-state index in [9.17, 15) is 23.0 Å². The maximum atomic E-state index is 11.3. The second-order valence-electron chi connectivity index (χ2n) is 2.79. The number of fused-ring (bicyclic) bond motifs is 1. The highest BCUT2D eigenvalue weighted by molar-refractivity contribution is 8.61. The molecule has 2 rings (SSSR count). The highest BCUT2D eigenvalue weighted by Crippen LogP contribution is 2.74. The van der Waals surface area contributed by atoms with Crippen LogP contribution in [0.5, 0.6) is 0 Å². The fourth-order valence-electron chi connectivity index (χ4n) is 1.26. The van der Waals surface area contributed by atoms with Crippen LogP contribution >= 0.6 is 21.2 Å². The van der Waals surface area contributed by atoms with Gasteiger partial charge in [-0.05, 0) is 12.1 Å². The summed E-state index contributed by atoms with van der Waals surface area (Å²) in [5.74, 6) is 0. The van der Waals surface area contributed by atoms with E-state index in [4.69, 9.17) is 0 Å². The van der Waals surface area contributed by atoms with Crippen molar-refractivity contribution in [3.63, 3.8) is 0 Å². The Morgan fingerprint density at radius 3 is 1.57 bits per heavy atom. The summed E-state index contributed by atoms with van der Waals surface area (Å²) in [7, 11) is -7.39. The predicted molar refractivity (Wildman–Crippen MR) is 54.1 cm³/mol. The van der Waals surface area contributed by atoms with Gasteiger partial charge in [-0.2, -0.15) is 0 Å². The van der Waals surface area contributed by atoms with Crippen molar-refractivity contribution in [3.05, 3.63) is 24.3 Å². The molecule has 0 atom stereocenters. The number of carbonyl (C=O) groups is 1. The molecule has 0 saturated carbocycles. The summed E-state index contributed by atoms with van der Waals surface area (Å²) in [4.78, 5) is 11.1. The van der Waals surface area contributed by atoms with Crippen LogP contribution in [0, 0.1) is 0 Å². The van der Waals surface area contributed by atoms with Crippen molar-refractivity contribution in [1.82, 2.24) is 0 Å². The molecule has 0 unspecified atom stereocenters. The Balaban J connectivity index is 2.76. The lowest BCUT2D eigenvalue weighted by Crippen LogP contribution is -2.08. The average molecular weight is 236 g/mol. The van der Waals surface area contributed by atoms with Crippen LogP contribution in [0.3, 0.4) is 0 Å². The minimum Gasteiger partial charge on any atom is -0.287 e. The minimum absolute atomic E-state index is 0.0787. The first kappa shape index (κ1) is 9.97. The zero-order valence-electron chi connectivity index (χ0n) is 6.82. The summed E-state index contributed by atoms with van der Waals surface area (Å²) in [5, 5.41) is 0. The molecule has 0 saturated heterocycles. The van der Waals surface area contributed by atoms with Gasteiger partial charge in [0.25, 0.3) is 0 Å². The van der Waals surface area contributed by atoms with Gasteiger partial charge in [0.2, 0.25) is 0 Å². The van der Waals surface area contributed by atoms with E-state index in [0.29, 0.717) is 0 Å². The van der Waals surface area contributed by atoms with Gasteiger partial charge >= 0.3 is 4.45 Å². The lowest BCUT2D eigenvalue weighted by molar-refractivity contribution is 0.268. The molecule has 0 radical (unpaired) electrons. The van der Waals surface area contributed by atoms with Crippen molar-refractivity contribution in [2.24, 2.45) is 0 Å². The number of carbonyl (C=O) groups excluding carboxylic acids is 1. The molecular weight excluding hydrogens is 228 g/mol. The van der Waals surface area contributed by atoms with Crippen molar-refractivity contribution >= 4 is 25.6 Å². The van der Waals surface area contributed by atoms with Crippen molar-refractivity contribution in [2.75, 3.05) is 0 Å². The Hall–Kier alpha value is -0.570. The largest absolute Gasteiger partial charge is 0.361 e. The molecule has 0 spiro atoms. The Morgan fingerprint density at radius 1 is 0.857 bits per heavy atom. The smallest absolute Gasteiger partial charge is 0.287 e. The molecule has 0 aliphatic carbocycles. The Labute approximate surface area is 83.1 Å². The molecule has 5 nitrogen and oxygen atoms in total. The van der Waals surface area contributed by atoms with Gasteiger partial charge in [0, 0.05) is 0 Å². The third-order valence-corrected chi connectivity index (χ3v) is 6.32. The summed E-state index contributed by atoms with van der Waals surface area (Å²) in [6, 6.07) is 5.62. The van der Waals surface area contributed by atoms with E-state index < -0.39 is 25.6 Å². The van der Waals surface area contributed by atoms with Gasteiger partial charge in [0.1, 0.15) is 0 Å². The third-order valence-electron chi connectivity index (χ3n) is 1.93. The molecule has 0 bridgehead atoms. The average Bonchev–Trinajstić information content (AvgIpc) is 2.28. The number of hydrogen-bond acceptors (Lipinski definition) is 5. The monoisotopic (exact) mass is 236 g/mol. The van der Waals surface area contributed by atoms with Crippen molar-refractivity contribution in [2.45, 2.75) is 9.79 Å². The number of rotatable bonds is 0. The summed E-state index contributed by atoms with van der Waals surface area (Å²) in [6.07, 6.45) is 0. The maximum absolute atomic E-state index is 11.3. The van der Waals surface area contributed by atoms with Crippen LogP contribution in [0.2, 0.25) is 0 Å². The van der Waals surface area contributed by atoms with E-state index in [2.05, 4.69) is 0 Å². The van der Waals surface area contributed by atoms with Gasteiger partial charge in [0.15, 0.2) is 0 Å². The predicted octanol–water partition coefficient (Wildman–Crippen LogP) is 3.04. The van der Waals surface area contributed by atoms with Gasteiger partial charge in [-0.3, -0.25) is 23.0 Å². The van der Waals surface area contributed by atoms with Gasteiger partial charge in [0.05, 0.1) is 9.79 Å². The summed E-state index contributed by atoms with van der Waals surface area (Å²) in [6.45, 7) is 0. The zero-order valence-corrected chi connectivity index (χ0v) is 8.46. The zero-order chi connectivity index (χ0) is 10.6. The Morgan fingerprint density at radius 2 is 1.21 bits per heavy atom. The van der Waals surface area contributed by atoms with E-state index in [0.717, 1.165) is 0 Å². The SMILES string of the molecule is O=C1S(O)(O)c2ccccc2S1(O)O. The first-order valence-corrected chi connectivity index (χ1v) is 6.67. The van der Waals surface area contributed by atoms with Crippen LogP contribution in [-0.4, -0.2) is 22.7 Å². The van der Waals surface area contributed by atoms with Crippen LogP contribution in [0.15, 0.2) is 34.1 Å². The molecular formula is C7H8O5S2. The first-order valence-electron chi connectivity index (χ1n) is 3.58. The van der Waals surface area contributed by atoms with Gasteiger partial charge < -0.3 is 0 Å². The minimum atomic E-state index is -3.69. The molecule has 1 aromatic rings. The molecule has 0 fully saturated rings. The normalized spacial score (nSPS) is 26.7. The van der Waals surface area contributed by atoms with Crippen LogP contribution in [0.1, 0.15) is 0 Å². The number of hydrogen-bond donors (Lipinski definition) is 4. The molecule has 1 aliphatic heterocycles. The highest BCUT2D eigenvalue weighted by Gasteiger charge is 2.48. The second-order valence-corrected chi connectivity index (χ2v) is 6.87. The molecule has 1 aliphatic rings. The Kier molecular flexibility index (Phi) is 1.94. The molecule has 0 amide bonds. The first-order chi connectivity index (χ1) is 6.38. The van der Waals surface area contributed by atoms with Crippen LogP contribution in [-0.2, 0) is 0 Å². The molecule has 1 aromatic carbocycles. The van der Waals surface area contributed by atoms with Crippen LogP contribution in [0.4, 0.5) is 4.79 Å². The lowest BCUT2D eigenvalue weighted by Gasteiger charge is -2.28. The standard InChI is InChI=1S/C7H8O5S2/c8-7-13(9,10)5-3-1-2-4-6(5)14(7,11)12/h1-4,9-12H. The van der Waals surface area contributed by atoms with E-state index in [1.54, 1.807) is 0 Å². The molecule has 0 aromatic heterocycles. The fourth-order valence-corrected chi connectivity index (χ4v) is 5.39. The summed E-state index contributed by atoms with van der Waals surface area (Å²) < 4.78 is 36.5. The van der Waals surface area contributed by atoms with E-state index in [-0.39, 0.29) is 9.79 Å². The second kappa shape index (κ2) is 2.72. The molecule has 1 heterocycles. The van der Waals surface area contributed by atoms with Gasteiger partial charge in [-0.1, -0.05) is 33.3 Å².